The molecule has 2 atom stereocenters. The van der Waals surface area contributed by atoms with Crippen LogP contribution in [-0.2, 0) is 4.79 Å². The zero-order valence-corrected chi connectivity index (χ0v) is 14.6. The van der Waals surface area contributed by atoms with Crippen molar-refractivity contribution in [3.63, 3.8) is 0 Å². The lowest BCUT2D eigenvalue weighted by atomic mass is 9.78. The molecular weight excluding hydrogens is 260 g/mol. The molecule has 3 heteroatoms. The molecule has 3 nitrogen and oxygen atoms in total. The van der Waals surface area contributed by atoms with Gasteiger partial charge in [-0.25, -0.2) is 0 Å². The van der Waals surface area contributed by atoms with Gasteiger partial charge in [0.2, 0.25) is 5.91 Å². The van der Waals surface area contributed by atoms with E-state index in [4.69, 9.17) is 0 Å². The van der Waals surface area contributed by atoms with E-state index in [-0.39, 0.29) is 12.2 Å². The quantitative estimate of drug-likeness (QED) is 0.808. The zero-order valence-electron chi connectivity index (χ0n) is 14.6. The molecule has 1 N–H and O–H groups in total. The number of hydrogen-bond acceptors (Lipinski definition) is 2. The zero-order chi connectivity index (χ0) is 15.6. The van der Waals surface area contributed by atoms with Gasteiger partial charge in [-0.3, -0.25) is 10.1 Å². The predicted octanol–water partition coefficient (Wildman–Crippen LogP) is 3.79. The highest BCUT2D eigenvalue weighted by Crippen LogP contribution is 2.44. The van der Waals surface area contributed by atoms with E-state index in [0.717, 1.165) is 18.9 Å². The number of nitrogens with one attached hydrogen (secondary N) is 1. The van der Waals surface area contributed by atoms with Crippen LogP contribution in [0, 0.1) is 17.3 Å². The summed E-state index contributed by atoms with van der Waals surface area (Å²) in [5, 5.41) is 3.56. The predicted molar refractivity (Wildman–Crippen MR) is 87.9 cm³/mol. The maximum absolute atomic E-state index is 12.8. The van der Waals surface area contributed by atoms with E-state index in [0.29, 0.717) is 17.2 Å². The van der Waals surface area contributed by atoms with Gasteiger partial charge in [0.15, 0.2) is 0 Å². The van der Waals surface area contributed by atoms with Crippen molar-refractivity contribution >= 4 is 5.91 Å². The molecule has 1 saturated heterocycles. The van der Waals surface area contributed by atoms with E-state index < -0.39 is 0 Å². The van der Waals surface area contributed by atoms with Crippen molar-refractivity contribution < 1.29 is 4.79 Å². The Bertz CT molecular complexity index is 358. The van der Waals surface area contributed by atoms with Crippen LogP contribution in [0.5, 0.6) is 0 Å². The van der Waals surface area contributed by atoms with E-state index >= 15 is 0 Å². The monoisotopic (exact) mass is 294 g/mol. The molecule has 0 aromatic rings. The molecule has 122 valence electrons. The van der Waals surface area contributed by atoms with E-state index in [2.05, 4.69) is 44.8 Å². The van der Waals surface area contributed by atoms with Crippen LogP contribution < -0.4 is 5.32 Å². The second kappa shape index (κ2) is 6.68. The maximum Gasteiger partial charge on any atom is 0.241 e. The fourth-order valence-electron chi connectivity index (χ4n) is 4.48. The van der Waals surface area contributed by atoms with Crippen LogP contribution in [0.2, 0.25) is 0 Å². The van der Waals surface area contributed by atoms with Crippen LogP contribution in [0.3, 0.4) is 0 Å². The Kier molecular flexibility index (Phi) is 5.34. The van der Waals surface area contributed by atoms with Gasteiger partial charge in [0.1, 0.15) is 0 Å². The number of amides is 1. The number of rotatable bonds is 6. The Morgan fingerprint density at radius 1 is 1.24 bits per heavy atom. The lowest BCUT2D eigenvalue weighted by Crippen LogP contribution is -2.44. The molecular formula is C18H34N2O. The van der Waals surface area contributed by atoms with Crippen LogP contribution in [-0.4, -0.2) is 29.6 Å². The molecule has 1 aliphatic carbocycles. The first-order valence-corrected chi connectivity index (χ1v) is 8.95. The molecule has 1 heterocycles. The van der Waals surface area contributed by atoms with Gasteiger partial charge in [0.25, 0.3) is 0 Å². The summed E-state index contributed by atoms with van der Waals surface area (Å²) < 4.78 is 0. The highest BCUT2D eigenvalue weighted by Gasteiger charge is 2.44. The van der Waals surface area contributed by atoms with Crippen LogP contribution in [0.25, 0.3) is 0 Å². The topological polar surface area (TPSA) is 32.3 Å². The minimum absolute atomic E-state index is 0.0208. The molecule has 0 spiro atoms. The summed E-state index contributed by atoms with van der Waals surface area (Å²) in [6, 6.07) is 0.0208. The van der Waals surface area contributed by atoms with Crippen molar-refractivity contribution in [1.29, 1.82) is 0 Å². The molecule has 0 aromatic heterocycles. The smallest absolute Gasteiger partial charge is 0.241 e. The first-order valence-electron chi connectivity index (χ1n) is 8.95. The summed E-state index contributed by atoms with van der Waals surface area (Å²) in [7, 11) is 0. The number of hydrogen-bond donors (Lipinski definition) is 1. The van der Waals surface area contributed by atoms with Gasteiger partial charge in [0, 0.05) is 6.54 Å². The van der Waals surface area contributed by atoms with Crippen molar-refractivity contribution in [2.75, 3.05) is 6.54 Å². The summed E-state index contributed by atoms with van der Waals surface area (Å²) >= 11 is 0. The first-order chi connectivity index (χ1) is 9.88. The van der Waals surface area contributed by atoms with E-state index in [1.54, 1.807) is 0 Å². The second-order valence-electron chi connectivity index (χ2n) is 8.08. The van der Waals surface area contributed by atoms with Gasteiger partial charge >= 0.3 is 0 Å². The minimum Gasteiger partial charge on any atom is -0.325 e. The van der Waals surface area contributed by atoms with Crippen molar-refractivity contribution in [3.8, 4) is 0 Å². The molecule has 2 unspecified atom stereocenters. The fourth-order valence-corrected chi connectivity index (χ4v) is 4.48. The van der Waals surface area contributed by atoms with Crippen molar-refractivity contribution in [3.05, 3.63) is 0 Å². The summed E-state index contributed by atoms with van der Waals surface area (Å²) in [5.74, 6) is 1.43. The average molecular weight is 294 g/mol. The third-order valence-corrected chi connectivity index (χ3v) is 5.36. The second-order valence-corrected chi connectivity index (χ2v) is 8.08. The van der Waals surface area contributed by atoms with Crippen LogP contribution >= 0.6 is 0 Å². The van der Waals surface area contributed by atoms with E-state index in [1.165, 1.54) is 32.1 Å². The van der Waals surface area contributed by atoms with Gasteiger partial charge < -0.3 is 4.90 Å². The molecule has 0 bridgehead atoms. The van der Waals surface area contributed by atoms with Gasteiger partial charge in [-0.1, -0.05) is 47.5 Å². The minimum atomic E-state index is 0.0208. The standard InChI is InChI=1S/C18H34N2O/c1-6-15-19-16(14(4)5)17(21)20(15)12-18(11-13(2)3)9-7-8-10-18/h13-16,19H,6-12H2,1-5H3. The molecule has 0 aromatic carbocycles. The van der Waals surface area contributed by atoms with Crippen LogP contribution in [0.4, 0.5) is 0 Å². The normalized spacial score (nSPS) is 29.1. The molecule has 0 radical (unpaired) electrons. The van der Waals surface area contributed by atoms with E-state index in [9.17, 15) is 4.79 Å². The van der Waals surface area contributed by atoms with Crippen molar-refractivity contribution in [2.24, 2.45) is 17.3 Å². The van der Waals surface area contributed by atoms with Crippen molar-refractivity contribution in [1.82, 2.24) is 10.2 Å². The largest absolute Gasteiger partial charge is 0.325 e. The Morgan fingerprint density at radius 2 is 1.86 bits per heavy atom. The molecule has 1 amide bonds. The van der Waals surface area contributed by atoms with Gasteiger partial charge in [-0.2, -0.15) is 0 Å². The summed E-state index contributed by atoms with van der Waals surface area (Å²) in [6.45, 7) is 12.1. The third-order valence-electron chi connectivity index (χ3n) is 5.36. The summed E-state index contributed by atoms with van der Waals surface area (Å²) in [5.41, 5.74) is 0.380. The van der Waals surface area contributed by atoms with Gasteiger partial charge in [-0.15, -0.1) is 0 Å². The van der Waals surface area contributed by atoms with Gasteiger partial charge in [-0.05, 0) is 42.9 Å². The lowest BCUT2D eigenvalue weighted by Gasteiger charge is -2.37. The Labute approximate surface area is 130 Å². The summed E-state index contributed by atoms with van der Waals surface area (Å²) in [4.78, 5) is 15.0. The molecule has 2 aliphatic rings. The van der Waals surface area contributed by atoms with Crippen LogP contribution in [0.15, 0.2) is 0 Å². The number of nitrogens with zero attached hydrogens (tertiary/aromatic N) is 1. The molecule has 2 fully saturated rings. The third kappa shape index (κ3) is 3.61. The van der Waals surface area contributed by atoms with Crippen molar-refractivity contribution in [2.45, 2.75) is 85.4 Å². The van der Waals surface area contributed by atoms with Gasteiger partial charge in [0.05, 0.1) is 12.2 Å². The molecule has 1 saturated carbocycles. The molecule has 2 rings (SSSR count). The molecule has 1 aliphatic heterocycles. The number of carbonyl (C=O) groups excluding carboxylic acids is 1. The molecule has 21 heavy (non-hydrogen) atoms. The lowest BCUT2D eigenvalue weighted by molar-refractivity contribution is -0.132. The average Bonchev–Trinajstić information content (AvgIpc) is 2.96. The Hall–Kier alpha value is -0.570. The van der Waals surface area contributed by atoms with Crippen LogP contribution in [0.1, 0.15) is 73.1 Å². The highest BCUT2D eigenvalue weighted by atomic mass is 16.2. The number of carbonyl (C=O) groups is 1. The SMILES string of the molecule is CCC1NC(C(C)C)C(=O)N1CC1(CC(C)C)CCCC1. The highest BCUT2D eigenvalue weighted by molar-refractivity contribution is 5.84. The Morgan fingerprint density at radius 3 is 2.33 bits per heavy atom. The fraction of sp³-hybridized carbons (Fsp3) is 0.944. The first kappa shape index (κ1) is 16.8. The maximum atomic E-state index is 12.8. The summed E-state index contributed by atoms with van der Waals surface area (Å²) in [6.07, 6.45) is 7.80. The van der Waals surface area contributed by atoms with E-state index in [1.807, 2.05) is 0 Å². The Balaban J connectivity index is 2.13.